The molecule has 0 saturated carbocycles. The van der Waals surface area contributed by atoms with Crippen molar-refractivity contribution in [1.29, 1.82) is 0 Å². The molecule has 1 aliphatic rings. The first-order chi connectivity index (χ1) is 10.7. The average molecular weight is 414 g/mol. The first-order valence-electron chi connectivity index (χ1n) is 7.82. The predicted molar refractivity (Wildman–Crippen MR) is 108 cm³/mol. The molecule has 144 valence electrons. The number of imidazole rings is 1. The summed E-state index contributed by atoms with van der Waals surface area (Å²) in [7, 11) is 4.18. The summed E-state index contributed by atoms with van der Waals surface area (Å²) in [6.07, 6.45) is 1.85. The molecule has 0 radical (unpaired) electrons. The molecule has 3 rings (SSSR count). The number of nitrogens with zero attached hydrogens (tertiary/aromatic N) is 3. The van der Waals surface area contributed by atoms with E-state index in [1.807, 2.05) is 12.1 Å². The number of hydrogen-bond donors (Lipinski definition) is 1. The zero-order valence-electron chi connectivity index (χ0n) is 14.6. The predicted octanol–water partition coefficient (Wildman–Crippen LogP) is 2.53. The largest absolute Gasteiger partial charge is 0.486 e. The van der Waals surface area contributed by atoms with Crippen LogP contribution in [-0.2, 0) is 13.0 Å². The molecule has 0 aliphatic carbocycles. The van der Waals surface area contributed by atoms with Crippen molar-refractivity contribution >= 4 is 48.3 Å². The summed E-state index contributed by atoms with van der Waals surface area (Å²) in [5.41, 5.74) is 7.80. The maximum Gasteiger partial charge on any atom is 0.163 e. The Hall–Kier alpha value is -0.920. The zero-order valence-corrected chi connectivity index (χ0v) is 17.0. The minimum atomic E-state index is 0. The maximum absolute atomic E-state index is 5.74. The van der Waals surface area contributed by atoms with E-state index in [9.17, 15) is 0 Å². The normalized spacial score (nSPS) is 12.3. The molecule has 0 bridgehead atoms. The standard InChI is InChI=1S/C16H24N4O2.3ClH/c1-19(2)6-3-7-20-13-11-15-14(21-8-9-22-15)10-12(13)18-16(20)4-5-17;;;/h10-11H,3-9,17H2,1-2H3;3*1H. The lowest BCUT2D eigenvalue weighted by atomic mass is 10.2. The van der Waals surface area contributed by atoms with Crippen LogP contribution in [0.3, 0.4) is 0 Å². The van der Waals surface area contributed by atoms with Gasteiger partial charge in [-0.25, -0.2) is 4.98 Å². The highest BCUT2D eigenvalue weighted by Crippen LogP contribution is 2.34. The van der Waals surface area contributed by atoms with Gasteiger partial charge in [-0.2, -0.15) is 0 Å². The lowest BCUT2D eigenvalue weighted by Crippen LogP contribution is -2.17. The van der Waals surface area contributed by atoms with Crippen molar-refractivity contribution in [3.63, 3.8) is 0 Å². The van der Waals surface area contributed by atoms with Gasteiger partial charge in [-0.15, -0.1) is 37.2 Å². The number of fused-ring (bicyclic) bond motifs is 2. The van der Waals surface area contributed by atoms with Crippen molar-refractivity contribution in [2.75, 3.05) is 40.4 Å². The van der Waals surface area contributed by atoms with E-state index in [2.05, 4.69) is 23.6 Å². The SMILES string of the molecule is CN(C)CCCn1c(CCN)nc2cc3c(cc21)OCCO3.Cl.Cl.Cl. The van der Waals surface area contributed by atoms with Gasteiger partial charge in [0.05, 0.1) is 11.0 Å². The third kappa shape index (κ3) is 5.53. The highest BCUT2D eigenvalue weighted by atomic mass is 35.5. The van der Waals surface area contributed by atoms with Gasteiger partial charge < -0.3 is 24.7 Å². The second kappa shape index (κ2) is 10.9. The molecule has 1 aromatic heterocycles. The number of benzene rings is 1. The zero-order chi connectivity index (χ0) is 15.5. The van der Waals surface area contributed by atoms with Crippen LogP contribution in [0, 0.1) is 0 Å². The van der Waals surface area contributed by atoms with Crippen LogP contribution >= 0.6 is 37.2 Å². The number of hydrogen-bond acceptors (Lipinski definition) is 5. The molecule has 6 nitrogen and oxygen atoms in total. The number of rotatable bonds is 6. The van der Waals surface area contributed by atoms with Crippen LogP contribution in [0.5, 0.6) is 11.5 Å². The Morgan fingerprint density at radius 3 is 2.36 bits per heavy atom. The van der Waals surface area contributed by atoms with E-state index >= 15 is 0 Å². The summed E-state index contributed by atoms with van der Waals surface area (Å²) in [5, 5.41) is 0. The molecule has 25 heavy (non-hydrogen) atoms. The van der Waals surface area contributed by atoms with Crippen LogP contribution < -0.4 is 15.2 Å². The summed E-state index contributed by atoms with van der Waals surface area (Å²) in [5.74, 6) is 2.64. The molecule has 2 N–H and O–H groups in total. The van der Waals surface area contributed by atoms with E-state index in [-0.39, 0.29) is 37.2 Å². The van der Waals surface area contributed by atoms with Crippen molar-refractivity contribution in [2.45, 2.75) is 19.4 Å². The molecule has 2 aromatic rings. The molecule has 9 heteroatoms. The lowest BCUT2D eigenvalue weighted by molar-refractivity contribution is 0.172. The Kier molecular flexibility index (Phi) is 10.5. The number of ether oxygens (including phenoxy) is 2. The van der Waals surface area contributed by atoms with Crippen LogP contribution in [0.1, 0.15) is 12.2 Å². The smallest absolute Gasteiger partial charge is 0.163 e. The number of aromatic nitrogens is 2. The average Bonchev–Trinajstić information content (AvgIpc) is 2.82. The van der Waals surface area contributed by atoms with Crippen LogP contribution in [0.15, 0.2) is 12.1 Å². The van der Waals surface area contributed by atoms with Gasteiger partial charge >= 0.3 is 0 Å². The van der Waals surface area contributed by atoms with Crippen molar-refractivity contribution < 1.29 is 9.47 Å². The van der Waals surface area contributed by atoms with Gasteiger partial charge in [-0.3, -0.25) is 0 Å². The summed E-state index contributed by atoms with van der Waals surface area (Å²) in [4.78, 5) is 6.94. The Morgan fingerprint density at radius 1 is 1.12 bits per heavy atom. The summed E-state index contributed by atoms with van der Waals surface area (Å²) in [6, 6.07) is 4.03. The first kappa shape index (κ1) is 24.1. The van der Waals surface area contributed by atoms with E-state index in [0.717, 1.165) is 54.3 Å². The van der Waals surface area contributed by atoms with Crippen LogP contribution in [0.2, 0.25) is 0 Å². The second-order valence-electron chi connectivity index (χ2n) is 5.86. The number of nitrogens with two attached hydrogens (primary N) is 1. The molecule has 0 atom stereocenters. The van der Waals surface area contributed by atoms with Crippen LogP contribution in [0.4, 0.5) is 0 Å². The Labute approximate surface area is 167 Å². The van der Waals surface area contributed by atoms with Crippen LogP contribution in [-0.4, -0.2) is 54.8 Å². The van der Waals surface area contributed by atoms with Gasteiger partial charge in [0.2, 0.25) is 0 Å². The van der Waals surface area contributed by atoms with Gasteiger partial charge in [0.15, 0.2) is 11.5 Å². The highest BCUT2D eigenvalue weighted by Gasteiger charge is 2.17. The Morgan fingerprint density at radius 2 is 1.76 bits per heavy atom. The molecule has 0 amide bonds. The van der Waals surface area contributed by atoms with E-state index in [0.29, 0.717) is 19.8 Å². The number of aryl methyl sites for hydroxylation is 1. The Bertz CT molecular complexity index is 664. The third-order valence-electron chi connectivity index (χ3n) is 3.85. The summed E-state index contributed by atoms with van der Waals surface area (Å²) in [6.45, 7) is 3.78. The van der Waals surface area contributed by atoms with Gasteiger partial charge in [-0.1, -0.05) is 0 Å². The fourth-order valence-corrected chi connectivity index (χ4v) is 2.83. The maximum atomic E-state index is 5.74. The molecule has 2 heterocycles. The van der Waals surface area contributed by atoms with Gasteiger partial charge in [0, 0.05) is 25.1 Å². The molecule has 1 aromatic carbocycles. The molecule has 0 saturated heterocycles. The quantitative estimate of drug-likeness (QED) is 0.788. The second-order valence-corrected chi connectivity index (χ2v) is 5.86. The topological polar surface area (TPSA) is 65.5 Å². The Balaban J connectivity index is 0.00000192. The molecule has 0 spiro atoms. The van der Waals surface area contributed by atoms with E-state index in [1.165, 1.54) is 0 Å². The van der Waals surface area contributed by atoms with Crippen LogP contribution in [0.25, 0.3) is 11.0 Å². The fourth-order valence-electron chi connectivity index (χ4n) is 2.83. The summed E-state index contributed by atoms with van der Waals surface area (Å²) < 4.78 is 13.6. The van der Waals surface area contributed by atoms with Gasteiger partial charge in [-0.05, 0) is 33.6 Å². The molecule has 0 fully saturated rings. The van der Waals surface area contributed by atoms with E-state index in [4.69, 9.17) is 20.2 Å². The monoisotopic (exact) mass is 412 g/mol. The van der Waals surface area contributed by atoms with Crippen molar-refractivity contribution in [2.24, 2.45) is 5.73 Å². The van der Waals surface area contributed by atoms with Gasteiger partial charge in [0.25, 0.3) is 0 Å². The van der Waals surface area contributed by atoms with Crippen molar-refractivity contribution in [3.05, 3.63) is 18.0 Å². The van der Waals surface area contributed by atoms with E-state index < -0.39 is 0 Å². The fraction of sp³-hybridized carbons (Fsp3) is 0.562. The van der Waals surface area contributed by atoms with Crippen molar-refractivity contribution in [1.82, 2.24) is 14.5 Å². The van der Waals surface area contributed by atoms with E-state index in [1.54, 1.807) is 0 Å². The highest BCUT2D eigenvalue weighted by molar-refractivity contribution is 5.86. The lowest BCUT2D eigenvalue weighted by Gasteiger charge is -2.18. The number of halogens is 3. The molecule has 0 unspecified atom stereocenters. The molecule has 1 aliphatic heterocycles. The van der Waals surface area contributed by atoms with Gasteiger partial charge in [0.1, 0.15) is 19.0 Å². The van der Waals surface area contributed by atoms with Crippen molar-refractivity contribution in [3.8, 4) is 11.5 Å². The minimum absolute atomic E-state index is 0. The third-order valence-corrected chi connectivity index (χ3v) is 3.85. The molecular formula is C16H27Cl3N4O2. The first-order valence-corrected chi connectivity index (χ1v) is 7.82. The molecular weight excluding hydrogens is 387 g/mol. The summed E-state index contributed by atoms with van der Waals surface area (Å²) >= 11 is 0. The minimum Gasteiger partial charge on any atom is -0.486 e.